The fourth-order valence-corrected chi connectivity index (χ4v) is 3.49. The van der Waals surface area contributed by atoms with Crippen molar-refractivity contribution in [2.24, 2.45) is 0 Å². The highest BCUT2D eigenvalue weighted by Crippen LogP contribution is 2.27. The lowest BCUT2D eigenvalue weighted by atomic mass is 10.1. The monoisotopic (exact) mass is 337 g/mol. The second kappa shape index (κ2) is 5.64. The number of nitrogens with one attached hydrogen (secondary N) is 2. The molecular formula is C17H11N3OS2. The van der Waals surface area contributed by atoms with Gasteiger partial charge in [-0.1, -0.05) is 36.1 Å². The van der Waals surface area contributed by atoms with Crippen LogP contribution < -0.4 is 5.32 Å². The standard InChI is InChI=1S/C17H11N3OS2/c21-16-15(23-17(22)20-16)9-12-2-1-3-14(19-12)10-4-5-13-11(8-10)6-7-18-13/h1-9,18H,(H,20,21,22)/b15-9-. The highest BCUT2D eigenvalue weighted by Gasteiger charge is 2.22. The van der Waals surface area contributed by atoms with E-state index in [1.807, 2.05) is 42.6 Å². The number of aromatic amines is 1. The molecule has 0 bridgehead atoms. The first kappa shape index (κ1) is 14.2. The highest BCUT2D eigenvalue weighted by molar-refractivity contribution is 8.26. The maximum atomic E-state index is 11.7. The van der Waals surface area contributed by atoms with E-state index < -0.39 is 0 Å². The first-order chi connectivity index (χ1) is 11.2. The summed E-state index contributed by atoms with van der Waals surface area (Å²) in [5.41, 5.74) is 3.74. The molecular weight excluding hydrogens is 326 g/mol. The number of carbonyl (C=O) groups is 1. The highest BCUT2D eigenvalue weighted by atomic mass is 32.2. The number of rotatable bonds is 2. The number of pyridine rings is 1. The van der Waals surface area contributed by atoms with Crippen molar-refractivity contribution in [1.29, 1.82) is 0 Å². The Morgan fingerprint density at radius 1 is 1.17 bits per heavy atom. The van der Waals surface area contributed by atoms with Crippen LogP contribution in [-0.4, -0.2) is 20.2 Å². The number of hydrogen-bond donors (Lipinski definition) is 2. The smallest absolute Gasteiger partial charge is 0.263 e. The van der Waals surface area contributed by atoms with E-state index in [4.69, 9.17) is 12.2 Å². The van der Waals surface area contributed by atoms with Gasteiger partial charge in [0.15, 0.2) is 0 Å². The Hall–Kier alpha value is -2.44. The molecule has 0 unspecified atom stereocenters. The lowest BCUT2D eigenvalue weighted by molar-refractivity contribution is -0.115. The molecule has 6 heteroatoms. The molecule has 0 saturated carbocycles. The molecule has 0 aliphatic carbocycles. The van der Waals surface area contributed by atoms with E-state index in [9.17, 15) is 4.79 Å². The third-order valence-electron chi connectivity index (χ3n) is 3.54. The number of thiocarbonyl (C=S) groups is 1. The molecule has 112 valence electrons. The van der Waals surface area contributed by atoms with Crippen molar-refractivity contribution in [2.45, 2.75) is 0 Å². The van der Waals surface area contributed by atoms with Gasteiger partial charge >= 0.3 is 0 Å². The summed E-state index contributed by atoms with van der Waals surface area (Å²) >= 11 is 6.26. The first-order valence-corrected chi connectivity index (χ1v) is 8.21. The number of carbonyl (C=O) groups excluding carboxylic acids is 1. The number of aromatic nitrogens is 2. The van der Waals surface area contributed by atoms with Crippen LogP contribution in [0, 0.1) is 0 Å². The lowest BCUT2D eigenvalue weighted by Crippen LogP contribution is -2.17. The minimum atomic E-state index is -0.166. The molecule has 3 heterocycles. The molecule has 2 N–H and O–H groups in total. The summed E-state index contributed by atoms with van der Waals surface area (Å²) in [5.74, 6) is -0.166. The average molecular weight is 337 g/mol. The van der Waals surface area contributed by atoms with Gasteiger partial charge in [-0.25, -0.2) is 4.98 Å². The van der Waals surface area contributed by atoms with E-state index in [2.05, 4.69) is 21.4 Å². The molecule has 1 aromatic carbocycles. The molecule has 0 radical (unpaired) electrons. The second-order valence-corrected chi connectivity index (χ2v) is 6.80. The third-order valence-corrected chi connectivity index (χ3v) is 4.70. The van der Waals surface area contributed by atoms with Gasteiger partial charge < -0.3 is 10.3 Å². The van der Waals surface area contributed by atoms with Gasteiger partial charge in [-0.05, 0) is 36.4 Å². The quantitative estimate of drug-likeness (QED) is 0.553. The molecule has 1 fully saturated rings. The Kier molecular flexibility index (Phi) is 3.48. The Balaban J connectivity index is 1.72. The van der Waals surface area contributed by atoms with Crippen molar-refractivity contribution in [3.63, 3.8) is 0 Å². The molecule has 0 spiro atoms. The Labute approximate surface area is 142 Å². The molecule has 23 heavy (non-hydrogen) atoms. The third kappa shape index (κ3) is 2.78. The van der Waals surface area contributed by atoms with Crippen molar-refractivity contribution in [3.05, 3.63) is 59.3 Å². The van der Waals surface area contributed by atoms with Crippen molar-refractivity contribution in [3.8, 4) is 11.3 Å². The summed E-state index contributed by atoms with van der Waals surface area (Å²) in [6.07, 6.45) is 3.68. The number of thioether (sulfide) groups is 1. The summed E-state index contributed by atoms with van der Waals surface area (Å²) in [6, 6.07) is 14.0. The van der Waals surface area contributed by atoms with Gasteiger partial charge in [0.05, 0.1) is 16.3 Å². The Morgan fingerprint density at radius 3 is 2.91 bits per heavy atom. The van der Waals surface area contributed by atoms with Crippen LogP contribution in [0.3, 0.4) is 0 Å². The molecule has 1 saturated heterocycles. The maximum Gasteiger partial charge on any atom is 0.263 e. The van der Waals surface area contributed by atoms with Gasteiger partial charge in [-0.2, -0.15) is 0 Å². The second-order valence-electron chi connectivity index (χ2n) is 5.08. The van der Waals surface area contributed by atoms with Crippen LogP contribution in [0.15, 0.2) is 53.6 Å². The first-order valence-electron chi connectivity index (χ1n) is 6.98. The molecule has 2 aromatic heterocycles. The van der Waals surface area contributed by atoms with Crippen molar-refractivity contribution >= 4 is 51.2 Å². The number of H-pyrrole nitrogens is 1. The number of nitrogens with zero attached hydrogens (tertiary/aromatic N) is 1. The van der Waals surface area contributed by atoms with Crippen molar-refractivity contribution in [2.75, 3.05) is 0 Å². The largest absolute Gasteiger partial charge is 0.361 e. The molecule has 1 aliphatic heterocycles. The zero-order valence-corrected chi connectivity index (χ0v) is 13.5. The topological polar surface area (TPSA) is 57.8 Å². The van der Waals surface area contributed by atoms with E-state index in [0.29, 0.717) is 9.23 Å². The molecule has 4 nitrogen and oxygen atoms in total. The van der Waals surface area contributed by atoms with E-state index in [1.54, 1.807) is 6.08 Å². The normalized spacial score (nSPS) is 16.3. The van der Waals surface area contributed by atoms with Crippen LogP contribution in [-0.2, 0) is 4.79 Å². The van der Waals surface area contributed by atoms with Crippen molar-refractivity contribution < 1.29 is 4.79 Å². The van der Waals surface area contributed by atoms with Crippen LogP contribution in [0.5, 0.6) is 0 Å². The summed E-state index contributed by atoms with van der Waals surface area (Å²) in [6.45, 7) is 0. The minimum absolute atomic E-state index is 0.166. The Bertz CT molecular complexity index is 975. The summed E-state index contributed by atoms with van der Waals surface area (Å²) in [5, 5.41) is 3.75. The Morgan fingerprint density at radius 2 is 2.09 bits per heavy atom. The van der Waals surface area contributed by atoms with Crippen LogP contribution >= 0.6 is 24.0 Å². The summed E-state index contributed by atoms with van der Waals surface area (Å²) in [7, 11) is 0. The average Bonchev–Trinajstić information content (AvgIpc) is 3.13. The summed E-state index contributed by atoms with van der Waals surface area (Å²) in [4.78, 5) is 20.1. The van der Waals surface area contributed by atoms with Gasteiger partial charge in [-0.3, -0.25) is 4.79 Å². The number of hydrogen-bond acceptors (Lipinski definition) is 4. The van der Waals surface area contributed by atoms with Gasteiger partial charge in [0, 0.05) is 22.7 Å². The van der Waals surface area contributed by atoms with Gasteiger partial charge in [0.1, 0.15) is 4.32 Å². The fourth-order valence-electron chi connectivity index (χ4n) is 2.46. The number of amides is 1. The molecule has 1 aliphatic rings. The van der Waals surface area contributed by atoms with Crippen LogP contribution in [0.4, 0.5) is 0 Å². The van der Waals surface area contributed by atoms with Gasteiger partial charge in [0.25, 0.3) is 5.91 Å². The van der Waals surface area contributed by atoms with Crippen LogP contribution in [0.2, 0.25) is 0 Å². The van der Waals surface area contributed by atoms with Gasteiger partial charge in [-0.15, -0.1) is 0 Å². The SMILES string of the molecule is O=C1NC(=S)S/C1=C\c1cccc(-c2ccc3[nH]ccc3c2)n1. The van der Waals surface area contributed by atoms with E-state index in [-0.39, 0.29) is 5.91 Å². The maximum absolute atomic E-state index is 11.7. The zero-order chi connectivity index (χ0) is 15.8. The number of benzene rings is 1. The predicted octanol–water partition coefficient (Wildman–Crippen LogP) is 3.72. The summed E-state index contributed by atoms with van der Waals surface area (Å²) < 4.78 is 0.482. The van der Waals surface area contributed by atoms with Crippen LogP contribution in [0.25, 0.3) is 28.2 Å². The number of fused-ring (bicyclic) bond motifs is 1. The van der Waals surface area contributed by atoms with E-state index in [1.165, 1.54) is 11.8 Å². The molecule has 0 atom stereocenters. The fraction of sp³-hybridized carbons (Fsp3) is 0. The predicted molar refractivity (Wildman–Crippen MR) is 97.8 cm³/mol. The molecule has 4 rings (SSSR count). The zero-order valence-electron chi connectivity index (χ0n) is 11.9. The lowest BCUT2D eigenvalue weighted by Gasteiger charge is -2.03. The molecule has 1 amide bonds. The van der Waals surface area contributed by atoms with Crippen molar-refractivity contribution in [1.82, 2.24) is 15.3 Å². The minimum Gasteiger partial charge on any atom is -0.361 e. The molecule has 3 aromatic rings. The van der Waals surface area contributed by atoms with Gasteiger partial charge in [0.2, 0.25) is 0 Å². The van der Waals surface area contributed by atoms with Crippen LogP contribution in [0.1, 0.15) is 5.69 Å². The van der Waals surface area contributed by atoms with E-state index >= 15 is 0 Å². The van der Waals surface area contributed by atoms with E-state index in [0.717, 1.165) is 27.9 Å².